The summed E-state index contributed by atoms with van der Waals surface area (Å²) in [5, 5.41) is 7.36. The minimum absolute atomic E-state index is 0.754. The Hall–Kier alpha value is -1.77. The summed E-state index contributed by atoms with van der Waals surface area (Å²) < 4.78 is 5.14. The van der Waals surface area contributed by atoms with Gasteiger partial charge in [0.2, 0.25) is 0 Å². The molecule has 0 aliphatic heterocycles. The van der Waals surface area contributed by atoms with Crippen molar-refractivity contribution in [1.29, 1.82) is 0 Å². The Morgan fingerprint density at radius 3 is 2.24 bits per heavy atom. The van der Waals surface area contributed by atoms with Gasteiger partial charge in [0.15, 0.2) is 0 Å². The van der Waals surface area contributed by atoms with Crippen LogP contribution in [0.5, 0.6) is 0 Å². The van der Waals surface area contributed by atoms with Crippen molar-refractivity contribution in [1.82, 2.24) is 5.16 Å². The number of nitrogens with zero attached hydrogens (tertiary/aromatic N) is 1. The third-order valence-corrected chi connectivity index (χ3v) is 2.87. The summed E-state index contributed by atoms with van der Waals surface area (Å²) in [7, 11) is 0. The number of benzene rings is 1. The lowest BCUT2D eigenvalue weighted by Crippen LogP contribution is -2.01. The Labute approximate surface area is 102 Å². The second kappa shape index (κ2) is 4.62. The molecule has 0 radical (unpaired) electrons. The van der Waals surface area contributed by atoms with Crippen LogP contribution in [0.25, 0.3) is 0 Å². The summed E-state index contributed by atoms with van der Waals surface area (Å²) in [6.07, 6.45) is 0. The summed E-state index contributed by atoms with van der Waals surface area (Å²) in [6, 6.07) is 6.46. The van der Waals surface area contributed by atoms with Gasteiger partial charge in [0, 0.05) is 17.8 Å². The van der Waals surface area contributed by atoms with Crippen LogP contribution < -0.4 is 5.32 Å². The molecule has 2 aromatic rings. The zero-order valence-corrected chi connectivity index (χ0v) is 10.8. The van der Waals surface area contributed by atoms with Crippen LogP contribution in [-0.2, 0) is 6.54 Å². The van der Waals surface area contributed by atoms with Crippen LogP contribution in [0.3, 0.4) is 0 Å². The maximum Gasteiger partial charge on any atom is 0.138 e. The standard InChI is InChI=1S/C14H18N2O/c1-9-5-10(2)7-13(6-9)15-8-14-11(3)16-17-12(14)4/h5-7,15H,8H2,1-4H3. The van der Waals surface area contributed by atoms with Crippen molar-refractivity contribution >= 4 is 5.69 Å². The van der Waals surface area contributed by atoms with Crippen LogP contribution in [0.1, 0.15) is 28.1 Å². The third kappa shape index (κ3) is 2.67. The van der Waals surface area contributed by atoms with Crippen molar-refractivity contribution in [2.75, 3.05) is 5.32 Å². The first-order chi connectivity index (χ1) is 8.06. The summed E-state index contributed by atoms with van der Waals surface area (Å²) in [6.45, 7) is 8.87. The second-order valence-electron chi connectivity index (χ2n) is 4.53. The van der Waals surface area contributed by atoms with Crippen LogP contribution in [0.4, 0.5) is 5.69 Å². The molecule has 0 bridgehead atoms. The van der Waals surface area contributed by atoms with Crippen LogP contribution in [-0.4, -0.2) is 5.16 Å². The van der Waals surface area contributed by atoms with Gasteiger partial charge in [-0.3, -0.25) is 0 Å². The molecule has 1 N–H and O–H groups in total. The number of aromatic nitrogens is 1. The van der Waals surface area contributed by atoms with Crippen LogP contribution in [0.15, 0.2) is 22.7 Å². The van der Waals surface area contributed by atoms with E-state index in [-0.39, 0.29) is 0 Å². The van der Waals surface area contributed by atoms with Crippen LogP contribution in [0.2, 0.25) is 0 Å². The fourth-order valence-corrected chi connectivity index (χ4v) is 2.02. The number of hydrogen-bond acceptors (Lipinski definition) is 3. The first-order valence-corrected chi connectivity index (χ1v) is 5.80. The molecule has 3 heteroatoms. The Morgan fingerprint density at radius 2 is 1.71 bits per heavy atom. The molecule has 0 saturated carbocycles. The molecule has 3 nitrogen and oxygen atoms in total. The van der Waals surface area contributed by atoms with E-state index >= 15 is 0 Å². The SMILES string of the molecule is Cc1cc(C)cc(NCc2c(C)noc2C)c1. The zero-order valence-electron chi connectivity index (χ0n) is 10.8. The maximum absolute atomic E-state index is 5.14. The molecular weight excluding hydrogens is 212 g/mol. The Morgan fingerprint density at radius 1 is 1.06 bits per heavy atom. The molecule has 1 aromatic heterocycles. The van der Waals surface area contributed by atoms with Crippen LogP contribution in [0, 0.1) is 27.7 Å². The van der Waals surface area contributed by atoms with Gasteiger partial charge in [-0.15, -0.1) is 0 Å². The highest BCUT2D eigenvalue weighted by Crippen LogP contribution is 2.17. The lowest BCUT2D eigenvalue weighted by atomic mass is 10.1. The molecule has 0 fully saturated rings. The van der Waals surface area contributed by atoms with E-state index in [1.54, 1.807) is 0 Å². The van der Waals surface area contributed by atoms with Crippen molar-refractivity contribution < 1.29 is 4.52 Å². The molecule has 0 spiro atoms. The molecule has 1 heterocycles. The van der Waals surface area contributed by atoms with Crippen LogP contribution >= 0.6 is 0 Å². The average molecular weight is 230 g/mol. The third-order valence-electron chi connectivity index (χ3n) is 2.87. The van der Waals surface area contributed by atoms with Crippen molar-refractivity contribution in [3.8, 4) is 0 Å². The molecule has 2 rings (SSSR count). The fraction of sp³-hybridized carbons (Fsp3) is 0.357. The monoisotopic (exact) mass is 230 g/mol. The van der Waals surface area contributed by atoms with E-state index in [9.17, 15) is 0 Å². The van der Waals surface area contributed by atoms with E-state index in [2.05, 4.69) is 42.5 Å². The minimum atomic E-state index is 0.754. The van der Waals surface area contributed by atoms with Gasteiger partial charge in [-0.1, -0.05) is 11.2 Å². The Balaban J connectivity index is 2.12. The Kier molecular flexibility index (Phi) is 3.18. The van der Waals surface area contributed by atoms with Gasteiger partial charge < -0.3 is 9.84 Å². The average Bonchev–Trinajstić information content (AvgIpc) is 2.55. The predicted molar refractivity (Wildman–Crippen MR) is 69.2 cm³/mol. The first kappa shape index (κ1) is 11.7. The van der Waals surface area contributed by atoms with Gasteiger partial charge >= 0.3 is 0 Å². The quantitative estimate of drug-likeness (QED) is 0.876. The zero-order chi connectivity index (χ0) is 12.4. The fourth-order valence-electron chi connectivity index (χ4n) is 2.02. The topological polar surface area (TPSA) is 38.1 Å². The highest BCUT2D eigenvalue weighted by Gasteiger charge is 2.08. The number of aryl methyl sites for hydroxylation is 4. The van der Waals surface area contributed by atoms with E-state index in [4.69, 9.17) is 4.52 Å². The molecule has 0 unspecified atom stereocenters. The van der Waals surface area contributed by atoms with E-state index in [0.29, 0.717) is 0 Å². The smallest absolute Gasteiger partial charge is 0.138 e. The number of hydrogen-bond donors (Lipinski definition) is 1. The van der Waals surface area contributed by atoms with Gasteiger partial charge in [-0.05, 0) is 51.0 Å². The number of anilines is 1. The predicted octanol–water partition coefficient (Wildman–Crippen LogP) is 3.52. The van der Waals surface area contributed by atoms with E-state index < -0.39 is 0 Å². The van der Waals surface area contributed by atoms with E-state index in [1.165, 1.54) is 11.1 Å². The molecule has 90 valence electrons. The van der Waals surface area contributed by atoms with Gasteiger partial charge in [0.05, 0.1) is 5.69 Å². The van der Waals surface area contributed by atoms with Gasteiger partial charge in [0.1, 0.15) is 5.76 Å². The van der Waals surface area contributed by atoms with E-state index in [1.807, 2.05) is 13.8 Å². The van der Waals surface area contributed by atoms with Gasteiger partial charge in [-0.2, -0.15) is 0 Å². The van der Waals surface area contributed by atoms with Crippen molar-refractivity contribution in [2.24, 2.45) is 0 Å². The molecule has 0 atom stereocenters. The largest absolute Gasteiger partial charge is 0.381 e. The lowest BCUT2D eigenvalue weighted by molar-refractivity contribution is 0.392. The lowest BCUT2D eigenvalue weighted by Gasteiger charge is -2.08. The van der Waals surface area contributed by atoms with Crippen molar-refractivity contribution in [2.45, 2.75) is 34.2 Å². The molecular formula is C14H18N2O. The maximum atomic E-state index is 5.14. The molecule has 0 aliphatic carbocycles. The summed E-state index contributed by atoms with van der Waals surface area (Å²) in [4.78, 5) is 0. The number of rotatable bonds is 3. The highest BCUT2D eigenvalue weighted by atomic mass is 16.5. The first-order valence-electron chi connectivity index (χ1n) is 5.80. The summed E-state index contributed by atoms with van der Waals surface area (Å²) in [5.41, 5.74) is 5.78. The molecule has 1 aromatic carbocycles. The molecule has 0 amide bonds. The van der Waals surface area contributed by atoms with Gasteiger partial charge in [0.25, 0.3) is 0 Å². The normalized spacial score (nSPS) is 10.6. The molecule has 0 saturated heterocycles. The minimum Gasteiger partial charge on any atom is -0.381 e. The number of nitrogens with one attached hydrogen (secondary N) is 1. The molecule has 17 heavy (non-hydrogen) atoms. The van der Waals surface area contributed by atoms with Gasteiger partial charge in [-0.25, -0.2) is 0 Å². The molecule has 0 aliphatic rings. The van der Waals surface area contributed by atoms with Crippen molar-refractivity contribution in [3.05, 3.63) is 46.3 Å². The second-order valence-corrected chi connectivity index (χ2v) is 4.53. The highest BCUT2D eigenvalue weighted by molar-refractivity contribution is 5.49. The summed E-state index contributed by atoms with van der Waals surface area (Å²) >= 11 is 0. The Bertz CT molecular complexity index is 489. The van der Waals surface area contributed by atoms with Crippen molar-refractivity contribution in [3.63, 3.8) is 0 Å². The van der Waals surface area contributed by atoms with E-state index in [0.717, 1.165) is 29.2 Å². The summed E-state index contributed by atoms with van der Waals surface area (Å²) in [5.74, 6) is 0.888.